The summed E-state index contributed by atoms with van der Waals surface area (Å²) in [6.07, 6.45) is 4.82. The van der Waals surface area contributed by atoms with E-state index in [0.29, 0.717) is 17.6 Å². The smallest absolute Gasteiger partial charge is 0.284 e. The van der Waals surface area contributed by atoms with Crippen molar-refractivity contribution in [2.24, 2.45) is 0 Å². The van der Waals surface area contributed by atoms with E-state index < -0.39 is 4.92 Å². The number of benzene rings is 1. The standard InChI is InChI=1S/C16H16ClN5O2S/c17-12-1-2-15-14(7-12)19-16(25-15)11-3-5-20(6-4-11)10-21-9-13(8-18-21)22(23)24/h1-2,7-9,11H,3-6,10H2. The highest BCUT2D eigenvalue weighted by atomic mass is 35.5. The van der Waals surface area contributed by atoms with Gasteiger partial charge in [-0.1, -0.05) is 11.6 Å². The van der Waals surface area contributed by atoms with Gasteiger partial charge >= 0.3 is 5.69 Å². The van der Waals surface area contributed by atoms with Crippen molar-refractivity contribution in [3.8, 4) is 0 Å². The zero-order chi connectivity index (χ0) is 17.4. The summed E-state index contributed by atoms with van der Waals surface area (Å²) in [5.74, 6) is 0.458. The van der Waals surface area contributed by atoms with Crippen LogP contribution in [0, 0.1) is 10.1 Å². The molecule has 1 saturated heterocycles. The number of piperidine rings is 1. The zero-order valence-electron chi connectivity index (χ0n) is 13.3. The van der Waals surface area contributed by atoms with E-state index in [2.05, 4.69) is 10.00 Å². The molecule has 0 atom stereocenters. The Hall–Kier alpha value is -2.03. The molecule has 0 radical (unpaired) electrons. The Balaban J connectivity index is 1.39. The molecule has 0 bridgehead atoms. The van der Waals surface area contributed by atoms with Crippen LogP contribution in [0.2, 0.25) is 5.02 Å². The van der Waals surface area contributed by atoms with E-state index in [4.69, 9.17) is 16.6 Å². The summed E-state index contributed by atoms with van der Waals surface area (Å²) < 4.78 is 2.80. The number of rotatable bonds is 4. The predicted octanol–water partition coefficient (Wildman–Crippen LogP) is 3.89. The fourth-order valence-corrected chi connectivity index (χ4v) is 4.43. The average molecular weight is 378 g/mol. The van der Waals surface area contributed by atoms with Gasteiger partial charge in [-0.15, -0.1) is 11.3 Å². The quantitative estimate of drug-likeness (QED) is 0.509. The highest BCUT2D eigenvalue weighted by molar-refractivity contribution is 7.18. The Morgan fingerprint density at radius 1 is 1.36 bits per heavy atom. The maximum absolute atomic E-state index is 10.7. The number of nitro groups is 1. The molecule has 1 aliphatic heterocycles. The highest BCUT2D eigenvalue weighted by Crippen LogP contribution is 2.34. The summed E-state index contributed by atoms with van der Waals surface area (Å²) >= 11 is 7.78. The van der Waals surface area contributed by atoms with Crippen LogP contribution in [0.15, 0.2) is 30.6 Å². The fraction of sp³-hybridized carbons (Fsp3) is 0.375. The van der Waals surface area contributed by atoms with Crippen molar-refractivity contribution < 1.29 is 4.92 Å². The Labute approximate surface area is 153 Å². The molecule has 0 saturated carbocycles. The first-order valence-corrected chi connectivity index (χ1v) is 9.23. The fourth-order valence-electron chi connectivity index (χ4n) is 3.14. The molecule has 1 fully saturated rings. The molecular formula is C16H16ClN5O2S. The van der Waals surface area contributed by atoms with E-state index in [0.717, 1.165) is 31.4 Å². The first kappa shape index (κ1) is 16.4. The number of halogens is 1. The van der Waals surface area contributed by atoms with Crippen LogP contribution in [-0.4, -0.2) is 37.7 Å². The van der Waals surface area contributed by atoms with Crippen molar-refractivity contribution in [3.05, 3.63) is 50.7 Å². The molecule has 0 N–H and O–H groups in total. The summed E-state index contributed by atoms with van der Waals surface area (Å²) in [6, 6.07) is 5.84. The monoisotopic (exact) mass is 377 g/mol. The van der Waals surface area contributed by atoms with Crippen molar-refractivity contribution in [1.82, 2.24) is 19.7 Å². The second-order valence-electron chi connectivity index (χ2n) is 6.19. The van der Waals surface area contributed by atoms with Crippen LogP contribution >= 0.6 is 22.9 Å². The minimum atomic E-state index is -0.422. The van der Waals surface area contributed by atoms with Crippen LogP contribution in [0.3, 0.4) is 0 Å². The van der Waals surface area contributed by atoms with Crippen molar-refractivity contribution in [1.29, 1.82) is 0 Å². The average Bonchev–Trinajstić information content (AvgIpc) is 3.22. The minimum Gasteiger partial charge on any atom is -0.284 e. The second-order valence-corrected chi connectivity index (χ2v) is 7.69. The minimum absolute atomic E-state index is 0.0306. The maximum atomic E-state index is 10.7. The topological polar surface area (TPSA) is 77.1 Å². The molecule has 25 heavy (non-hydrogen) atoms. The van der Waals surface area contributed by atoms with Gasteiger partial charge in [0.2, 0.25) is 0 Å². The van der Waals surface area contributed by atoms with Gasteiger partial charge in [0.1, 0.15) is 12.4 Å². The number of fused-ring (bicyclic) bond motifs is 1. The van der Waals surface area contributed by atoms with Gasteiger partial charge in [-0.2, -0.15) is 5.10 Å². The Bertz CT molecular complexity index is 916. The van der Waals surface area contributed by atoms with Gasteiger partial charge in [0.15, 0.2) is 0 Å². The third-order valence-electron chi connectivity index (χ3n) is 4.48. The molecule has 0 amide bonds. The largest absolute Gasteiger partial charge is 0.307 e. The lowest BCUT2D eigenvalue weighted by atomic mass is 9.98. The lowest BCUT2D eigenvalue weighted by molar-refractivity contribution is -0.385. The molecule has 3 aromatic rings. The van der Waals surface area contributed by atoms with Gasteiger partial charge < -0.3 is 0 Å². The van der Waals surface area contributed by atoms with Crippen LogP contribution in [0.5, 0.6) is 0 Å². The van der Waals surface area contributed by atoms with Crippen molar-refractivity contribution in [2.75, 3.05) is 13.1 Å². The SMILES string of the molecule is O=[N+]([O-])c1cnn(CN2CCC(c3nc4cc(Cl)ccc4s3)CC2)c1. The van der Waals surface area contributed by atoms with Crippen LogP contribution in [-0.2, 0) is 6.67 Å². The van der Waals surface area contributed by atoms with E-state index in [1.807, 2.05) is 18.2 Å². The molecule has 2 aromatic heterocycles. The van der Waals surface area contributed by atoms with Gasteiger partial charge in [-0.25, -0.2) is 4.98 Å². The summed E-state index contributed by atoms with van der Waals surface area (Å²) in [7, 11) is 0. The second kappa shape index (κ2) is 6.70. The molecular weight excluding hydrogens is 362 g/mol. The van der Waals surface area contributed by atoms with Crippen LogP contribution in [0.1, 0.15) is 23.8 Å². The predicted molar refractivity (Wildman–Crippen MR) is 97.1 cm³/mol. The first-order valence-electron chi connectivity index (χ1n) is 8.04. The summed E-state index contributed by atoms with van der Waals surface area (Å²) in [5.41, 5.74) is 1.00. The van der Waals surface area contributed by atoms with Gasteiger partial charge in [0.05, 0.1) is 26.8 Å². The maximum Gasteiger partial charge on any atom is 0.307 e. The number of aromatic nitrogens is 3. The van der Waals surface area contributed by atoms with E-state index in [-0.39, 0.29) is 5.69 Å². The molecule has 9 heteroatoms. The van der Waals surface area contributed by atoms with E-state index in [1.54, 1.807) is 16.0 Å². The van der Waals surface area contributed by atoms with E-state index in [1.165, 1.54) is 22.1 Å². The number of nitrogens with zero attached hydrogens (tertiary/aromatic N) is 5. The van der Waals surface area contributed by atoms with Crippen LogP contribution in [0.4, 0.5) is 5.69 Å². The zero-order valence-corrected chi connectivity index (χ0v) is 14.9. The Morgan fingerprint density at radius 2 is 2.16 bits per heavy atom. The van der Waals surface area contributed by atoms with Crippen LogP contribution in [0.25, 0.3) is 10.2 Å². The summed E-state index contributed by atoms with van der Waals surface area (Å²) in [6.45, 7) is 2.43. The Kier molecular flexibility index (Phi) is 4.41. The number of hydrogen-bond acceptors (Lipinski definition) is 6. The molecule has 4 rings (SSSR count). The lowest BCUT2D eigenvalue weighted by Crippen LogP contribution is -2.34. The summed E-state index contributed by atoms with van der Waals surface area (Å²) in [5, 5.41) is 16.7. The molecule has 7 nitrogen and oxygen atoms in total. The van der Waals surface area contributed by atoms with Gasteiger partial charge in [-0.05, 0) is 31.0 Å². The van der Waals surface area contributed by atoms with Crippen molar-refractivity contribution >= 4 is 38.8 Å². The molecule has 130 valence electrons. The molecule has 0 spiro atoms. The van der Waals surface area contributed by atoms with Gasteiger partial charge in [0, 0.05) is 24.0 Å². The van der Waals surface area contributed by atoms with E-state index >= 15 is 0 Å². The Morgan fingerprint density at radius 3 is 2.88 bits per heavy atom. The van der Waals surface area contributed by atoms with Crippen molar-refractivity contribution in [2.45, 2.75) is 25.4 Å². The van der Waals surface area contributed by atoms with Crippen molar-refractivity contribution in [3.63, 3.8) is 0 Å². The van der Waals surface area contributed by atoms with E-state index in [9.17, 15) is 10.1 Å². The molecule has 1 aromatic carbocycles. The van der Waals surface area contributed by atoms with Gasteiger partial charge in [-0.3, -0.25) is 19.7 Å². The number of likely N-dealkylation sites (tertiary alicyclic amines) is 1. The molecule has 0 aliphatic carbocycles. The lowest BCUT2D eigenvalue weighted by Gasteiger charge is -2.30. The van der Waals surface area contributed by atoms with Crippen LogP contribution < -0.4 is 0 Å². The molecule has 1 aliphatic rings. The highest BCUT2D eigenvalue weighted by Gasteiger charge is 2.24. The third kappa shape index (κ3) is 3.51. The normalized spacial score (nSPS) is 16.5. The number of thiazole rings is 1. The molecule has 3 heterocycles. The first-order chi connectivity index (χ1) is 12.1. The van der Waals surface area contributed by atoms with Gasteiger partial charge in [0.25, 0.3) is 0 Å². The summed E-state index contributed by atoms with van der Waals surface area (Å²) in [4.78, 5) is 17.3. The molecule has 0 unspecified atom stereocenters. The third-order valence-corrected chi connectivity index (χ3v) is 5.91. The number of hydrogen-bond donors (Lipinski definition) is 0.